The van der Waals surface area contributed by atoms with Crippen LogP contribution in [0.4, 0.5) is 0 Å². The van der Waals surface area contributed by atoms with Crippen molar-refractivity contribution in [3.8, 4) is 0 Å². The summed E-state index contributed by atoms with van der Waals surface area (Å²) in [5.41, 5.74) is 0. The zero-order chi connectivity index (χ0) is 11.0. The first kappa shape index (κ1) is 13.4. The molecule has 1 N–H and O–H groups in total. The summed E-state index contributed by atoms with van der Waals surface area (Å²) >= 11 is 0. The van der Waals surface area contributed by atoms with Gasteiger partial charge in [0.05, 0.1) is 0 Å². The maximum atomic E-state index is 11.2. The fourth-order valence-electron chi connectivity index (χ4n) is 1.02. The Morgan fingerprint density at radius 2 is 2.00 bits per heavy atom. The molecule has 0 heterocycles. The van der Waals surface area contributed by atoms with Gasteiger partial charge in [-0.2, -0.15) is 0 Å². The van der Waals surface area contributed by atoms with Gasteiger partial charge in [-0.25, -0.2) is 0 Å². The third-order valence-corrected chi connectivity index (χ3v) is 2.56. The lowest BCUT2D eigenvalue weighted by molar-refractivity contribution is -0.143. The van der Waals surface area contributed by atoms with E-state index in [1.165, 1.54) is 0 Å². The number of hydrogen-bond acceptors (Lipinski definition) is 3. The van der Waals surface area contributed by atoms with Gasteiger partial charge in [0.25, 0.3) is 0 Å². The predicted molar refractivity (Wildman–Crippen MR) is 58.1 cm³/mol. The summed E-state index contributed by atoms with van der Waals surface area (Å²) in [7, 11) is 1.84. The van der Waals surface area contributed by atoms with Crippen LogP contribution in [0.25, 0.3) is 0 Å². The van der Waals surface area contributed by atoms with Gasteiger partial charge >= 0.3 is 5.97 Å². The van der Waals surface area contributed by atoms with E-state index in [0.717, 1.165) is 13.0 Å². The molecule has 0 saturated carbocycles. The summed E-state index contributed by atoms with van der Waals surface area (Å²) in [5, 5.41) is 2.93. The maximum Gasteiger partial charge on any atom is 0.305 e. The fourth-order valence-corrected chi connectivity index (χ4v) is 1.02. The number of hydrogen-bond donors (Lipinski definition) is 1. The Kier molecular flexibility index (Phi) is 7.48. The minimum Gasteiger partial charge on any atom is -0.464 e. The molecule has 3 nitrogen and oxygen atoms in total. The molecule has 0 radical (unpaired) electrons. The SMILES string of the molecule is CNCCOC(=O)CCC(C)C(C)C. The van der Waals surface area contributed by atoms with Crippen LogP contribution in [0.15, 0.2) is 0 Å². The van der Waals surface area contributed by atoms with Crippen molar-refractivity contribution >= 4 is 5.97 Å². The third-order valence-electron chi connectivity index (χ3n) is 2.56. The van der Waals surface area contributed by atoms with Crippen molar-refractivity contribution in [3.63, 3.8) is 0 Å². The molecule has 0 aromatic rings. The molecule has 84 valence electrons. The van der Waals surface area contributed by atoms with E-state index in [0.29, 0.717) is 24.9 Å². The number of esters is 1. The molecule has 0 fully saturated rings. The van der Waals surface area contributed by atoms with E-state index in [2.05, 4.69) is 26.1 Å². The molecule has 1 unspecified atom stereocenters. The molecule has 0 saturated heterocycles. The molecule has 0 aliphatic rings. The molecule has 0 spiro atoms. The van der Waals surface area contributed by atoms with Gasteiger partial charge in [0.1, 0.15) is 6.61 Å². The van der Waals surface area contributed by atoms with E-state index in [1.54, 1.807) is 0 Å². The van der Waals surface area contributed by atoms with Crippen LogP contribution in [0, 0.1) is 11.8 Å². The van der Waals surface area contributed by atoms with Gasteiger partial charge in [0.15, 0.2) is 0 Å². The van der Waals surface area contributed by atoms with Gasteiger partial charge in [-0.05, 0) is 25.3 Å². The van der Waals surface area contributed by atoms with Crippen LogP contribution in [0.1, 0.15) is 33.6 Å². The minimum absolute atomic E-state index is 0.0762. The van der Waals surface area contributed by atoms with Crippen molar-refractivity contribution in [2.24, 2.45) is 11.8 Å². The van der Waals surface area contributed by atoms with E-state index in [1.807, 2.05) is 7.05 Å². The normalized spacial score (nSPS) is 12.9. The first-order valence-electron chi connectivity index (χ1n) is 5.38. The average Bonchev–Trinajstić information content (AvgIpc) is 2.14. The topological polar surface area (TPSA) is 38.3 Å². The summed E-state index contributed by atoms with van der Waals surface area (Å²) in [6.45, 7) is 7.73. The second-order valence-corrected chi connectivity index (χ2v) is 4.08. The zero-order valence-electron chi connectivity index (χ0n) is 9.80. The third kappa shape index (κ3) is 6.89. The Bertz CT molecular complexity index is 157. The summed E-state index contributed by atoms with van der Waals surface area (Å²) in [6.07, 6.45) is 1.47. The number of likely N-dealkylation sites (N-methyl/N-ethyl adjacent to an activating group) is 1. The monoisotopic (exact) mass is 201 g/mol. The van der Waals surface area contributed by atoms with Crippen molar-refractivity contribution < 1.29 is 9.53 Å². The van der Waals surface area contributed by atoms with Crippen molar-refractivity contribution in [2.45, 2.75) is 33.6 Å². The second kappa shape index (κ2) is 7.80. The lowest BCUT2D eigenvalue weighted by atomic mass is 9.93. The van der Waals surface area contributed by atoms with Gasteiger partial charge in [0.2, 0.25) is 0 Å². The Labute approximate surface area is 87.2 Å². The van der Waals surface area contributed by atoms with Crippen LogP contribution in [0.2, 0.25) is 0 Å². The quantitative estimate of drug-likeness (QED) is 0.504. The number of ether oxygens (including phenoxy) is 1. The summed E-state index contributed by atoms with van der Waals surface area (Å²) in [6, 6.07) is 0. The number of nitrogens with one attached hydrogen (secondary N) is 1. The van der Waals surface area contributed by atoms with Crippen LogP contribution in [0.5, 0.6) is 0 Å². The van der Waals surface area contributed by atoms with Crippen molar-refractivity contribution in [1.29, 1.82) is 0 Å². The minimum atomic E-state index is -0.0762. The van der Waals surface area contributed by atoms with Crippen molar-refractivity contribution in [2.75, 3.05) is 20.2 Å². The Morgan fingerprint density at radius 1 is 1.36 bits per heavy atom. The van der Waals surface area contributed by atoms with Gasteiger partial charge in [-0.1, -0.05) is 20.8 Å². The molecular formula is C11H23NO2. The molecule has 1 atom stereocenters. The predicted octanol–water partition coefficient (Wildman–Crippen LogP) is 1.82. The van der Waals surface area contributed by atoms with Gasteiger partial charge in [0, 0.05) is 13.0 Å². The first-order chi connectivity index (χ1) is 6.57. The van der Waals surface area contributed by atoms with Gasteiger partial charge < -0.3 is 10.1 Å². The highest BCUT2D eigenvalue weighted by molar-refractivity contribution is 5.69. The van der Waals surface area contributed by atoms with E-state index < -0.39 is 0 Å². The average molecular weight is 201 g/mol. The Balaban J connectivity index is 3.44. The molecule has 0 aliphatic carbocycles. The number of rotatable bonds is 7. The fraction of sp³-hybridized carbons (Fsp3) is 0.909. The highest BCUT2D eigenvalue weighted by atomic mass is 16.5. The number of carbonyl (C=O) groups is 1. The molecule has 0 amide bonds. The van der Waals surface area contributed by atoms with Crippen molar-refractivity contribution in [3.05, 3.63) is 0 Å². The maximum absolute atomic E-state index is 11.2. The molecule has 0 bridgehead atoms. The van der Waals surface area contributed by atoms with E-state index >= 15 is 0 Å². The smallest absolute Gasteiger partial charge is 0.305 e. The van der Waals surface area contributed by atoms with Crippen LogP contribution in [0.3, 0.4) is 0 Å². The largest absolute Gasteiger partial charge is 0.464 e. The summed E-state index contributed by atoms with van der Waals surface area (Å²) in [4.78, 5) is 11.2. The van der Waals surface area contributed by atoms with Crippen LogP contribution >= 0.6 is 0 Å². The van der Waals surface area contributed by atoms with Crippen LogP contribution < -0.4 is 5.32 Å². The molecule has 0 aromatic heterocycles. The highest BCUT2D eigenvalue weighted by Crippen LogP contribution is 2.15. The standard InChI is InChI=1S/C11H23NO2/c1-9(2)10(3)5-6-11(13)14-8-7-12-4/h9-10,12H,5-8H2,1-4H3. The lowest BCUT2D eigenvalue weighted by Gasteiger charge is -2.14. The van der Waals surface area contributed by atoms with E-state index in [9.17, 15) is 4.79 Å². The molecule has 14 heavy (non-hydrogen) atoms. The highest BCUT2D eigenvalue weighted by Gasteiger charge is 2.10. The van der Waals surface area contributed by atoms with Crippen LogP contribution in [-0.2, 0) is 9.53 Å². The summed E-state index contributed by atoms with van der Waals surface area (Å²) in [5.74, 6) is 1.15. The molecule has 3 heteroatoms. The first-order valence-corrected chi connectivity index (χ1v) is 5.38. The summed E-state index contributed by atoms with van der Waals surface area (Å²) < 4.78 is 5.01. The Morgan fingerprint density at radius 3 is 2.50 bits per heavy atom. The second-order valence-electron chi connectivity index (χ2n) is 4.08. The van der Waals surface area contributed by atoms with E-state index in [-0.39, 0.29) is 5.97 Å². The lowest BCUT2D eigenvalue weighted by Crippen LogP contribution is -2.18. The van der Waals surface area contributed by atoms with Crippen molar-refractivity contribution in [1.82, 2.24) is 5.32 Å². The van der Waals surface area contributed by atoms with Gasteiger partial charge in [-0.15, -0.1) is 0 Å². The van der Waals surface area contributed by atoms with Gasteiger partial charge in [-0.3, -0.25) is 4.79 Å². The van der Waals surface area contributed by atoms with Crippen LogP contribution in [-0.4, -0.2) is 26.2 Å². The Hall–Kier alpha value is -0.570. The molecule has 0 rings (SSSR count). The molecule has 0 aromatic carbocycles. The van der Waals surface area contributed by atoms with E-state index in [4.69, 9.17) is 4.74 Å². The zero-order valence-corrected chi connectivity index (χ0v) is 9.80. The molecule has 0 aliphatic heterocycles. The molecular weight excluding hydrogens is 178 g/mol. The number of carbonyl (C=O) groups excluding carboxylic acids is 1.